The van der Waals surface area contributed by atoms with Crippen LogP contribution in [0.4, 0.5) is 5.88 Å². The zero-order valence-electron chi connectivity index (χ0n) is 17.1. The van der Waals surface area contributed by atoms with Gasteiger partial charge in [0, 0.05) is 42.4 Å². The third-order valence-electron chi connectivity index (χ3n) is 5.10. The minimum absolute atomic E-state index is 0.115. The summed E-state index contributed by atoms with van der Waals surface area (Å²) in [4.78, 5) is 14.2. The van der Waals surface area contributed by atoms with Crippen molar-refractivity contribution < 1.29 is 14.3 Å². The number of piperidine rings is 1. The van der Waals surface area contributed by atoms with E-state index in [0.29, 0.717) is 28.3 Å². The van der Waals surface area contributed by atoms with Crippen molar-refractivity contribution in [1.82, 2.24) is 14.8 Å². The predicted octanol–water partition coefficient (Wildman–Crippen LogP) is 5.42. The molecule has 0 bridgehead atoms. The highest BCUT2D eigenvalue weighted by Crippen LogP contribution is 2.32. The molecule has 0 saturated carbocycles. The summed E-state index contributed by atoms with van der Waals surface area (Å²) < 4.78 is 7.78. The molecule has 4 rings (SSSR count). The standard InChI is InChI=1S/C22H23ClN4O3S/c1-2-27-20(15-6-8-16(23)9-7-15)24-25-22(27)31-18(21(28)29)14-17-10-11-19(30-17)26-12-4-3-5-13-26/h6-11,14H,2-5,12-13H2,1H3,(H,28,29)/b18-14-. The summed E-state index contributed by atoms with van der Waals surface area (Å²) >= 11 is 7.04. The highest BCUT2D eigenvalue weighted by atomic mass is 35.5. The van der Waals surface area contributed by atoms with Gasteiger partial charge in [0.15, 0.2) is 16.9 Å². The molecule has 31 heavy (non-hydrogen) atoms. The van der Waals surface area contributed by atoms with E-state index in [1.807, 2.05) is 29.7 Å². The number of benzene rings is 1. The molecule has 1 N–H and O–H groups in total. The summed E-state index contributed by atoms with van der Waals surface area (Å²) in [6, 6.07) is 11.0. The number of anilines is 1. The number of rotatable bonds is 7. The summed E-state index contributed by atoms with van der Waals surface area (Å²) in [6.07, 6.45) is 5.06. The largest absolute Gasteiger partial charge is 0.477 e. The normalized spacial score (nSPS) is 14.8. The van der Waals surface area contributed by atoms with Crippen LogP contribution in [0.1, 0.15) is 31.9 Å². The monoisotopic (exact) mass is 458 g/mol. The minimum atomic E-state index is -1.04. The Kier molecular flexibility index (Phi) is 6.67. The number of nitrogens with zero attached hydrogens (tertiary/aromatic N) is 4. The number of aliphatic carboxylic acids is 1. The molecule has 7 nitrogen and oxygen atoms in total. The quantitative estimate of drug-likeness (QED) is 0.373. The van der Waals surface area contributed by atoms with Crippen LogP contribution in [0.15, 0.2) is 50.9 Å². The lowest BCUT2D eigenvalue weighted by atomic mass is 10.1. The van der Waals surface area contributed by atoms with Gasteiger partial charge in [-0.3, -0.25) is 0 Å². The lowest BCUT2D eigenvalue weighted by Crippen LogP contribution is -2.28. The van der Waals surface area contributed by atoms with Crippen molar-refractivity contribution in [1.29, 1.82) is 0 Å². The van der Waals surface area contributed by atoms with E-state index >= 15 is 0 Å². The summed E-state index contributed by atoms with van der Waals surface area (Å²) in [6.45, 7) is 4.49. The zero-order valence-corrected chi connectivity index (χ0v) is 18.7. The van der Waals surface area contributed by atoms with E-state index in [9.17, 15) is 9.90 Å². The fourth-order valence-electron chi connectivity index (χ4n) is 3.53. The van der Waals surface area contributed by atoms with E-state index < -0.39 is 5.97 Å². The number of carbonyl (C=O) groups is 1. The number of furan rings is 1. The summed E-state index contributed by atoms with van der Waals surface area (Å²) in [5.41, 5.74) is 0.865. The molecule has 1 aliphatic heterocycles. The van der Waals surface area contributed by atoms with Crippen molar-refractivity contribution in [2.45, 2.75) is 37.9 Å². The summed E-state index contributed by atoms with van der Waals surface area (Å²) in [5.74, 6) is 0.907. The molecule has 3 aromatic rings. The molecular formula is C22H23ClN4O3S. The van der Waals surface area contributed by atoms with Gasteiger partial charge in [0.1, 0.15) is 10.7 Å². The molecular weight excluding hydrogens is 436 g/mol. The van der Waals surface area contributed by atoms with Gasteiger partial charge in [-0.25, -0.2) is 4.79 Å². The molecule has 0 radical (unpaired) electrons. The zero-order chi connectivity index (χ0) is 21.8. The average molecular weight is 459 g/mol. The van der Waals surface area contributed by atoms with Gasteiger partial charge in [0.25, 0.3) is 0 Å². The van der Waals surface area contributed by atoms with Crippen LogP contribution in [0, 0.1) is 0 Å². The Morgan fingerprint density at radius 1 is 1.16 bits per heavy atom. The van der Waals surface area contributed by atoms with Gasteiger partial charge in [0.05, 0.1) is 0 Å². The van der Waals surface area contributed by atoms with Crippen molar-refractivity contribution in [3.05, 3.63) is 52.1 Å². The van der Waals surface area contributed by atoms with E-state index in [1.165, 1.54) is 12.5 Å². The first-order chi connectivity index (χ1) is 15.0. The molecule has 0 aliphatic carbocycles. The van der Waals surface area contributed by atoms with Crippen LogP contribution in [-0.4, -0.2) is 38.9 Å². The van der Waals surface area contributed by atoms with Crippen molar-refractivity contribution in [3.8, 4) is 11.4 Å². The Morgan fingerprint density at radius 2 is 1.90 bits per heavy atom. The Bertz CT molecular complexity index is 1080. The number of carboxylic acid groups (broad SMARTS) is 1. The Labute approximate surface area is 189 Å². The minimum Gasteiger partial charge on any atom is -0.477 e. The van der Waals surface area contributed by atoms with Crippen LogP contribution in [0.25, 0.3) is 17.5 Å². The van der Waals surface area contributed by atoms with E-state index in [1.54, 1.807) is 18.2 Å². The van der Waals surface area contributed by atoms with Gasteiger partial charge >= 0.3 is 5.97 Å². The molecule has 1 saturated heterocycles. The third-order valence-corrected chi connectivity index (χ3v) is 6.35. The van der Waals surface area contributed by atoms with E-state index in [4.69, 9.17) is 16.0 Å². The maximum absolute atomic E-state index is 11.9. The van der Waals surface area contributed by atoms with Gasteiger partial charge < -0.3 is 19.0 Å². The number of thioether (sulfide) groups is 1. The number of hydrogen-bond acceptors (Lipinski definition) is 6. The van der Waals surface area contributed by atoms with Crippen LogP contribution < -0.4 is 4.90 Å². The van der Waals surface area contributed by atoms with Gasteiger partial charge in [0.2, 0.25) is 0 Å². The number of aromatic nitrogens is 3. The molecule has 2 aromatic heterocycles. The maximum Gasteiger partial charge on any atom is 0.342 e. The summed E-state index contributed by atoms with van der Waals surface area (Å²) in [5, 5.41) is 19.4. The lowest BCUT2D eigenvalue weighted by Gasteiger charge is -2.25. The van der Waals surface area contributed by atoms with Crippen LogP contribution in [0.5, 0.6) is 0 Å². The predicted molar refractivity (Wildman–Crippen MR) is 122 cm³/mol. The number of halogens is 1. The second kappa shape index (κ2) is 9.62. The number of carboxylic acids is 1. The molecule has 1 aliphatic rings. The van der Waals surface area contributed by atoms with E-state index in [0.717, 1.165) is 49.1 Å². The van der Waals surface area contributed by atoms with Crippen molar-refractivity contribution in [3.63, 3.8) is 0 Å². The molecule has 0 atom stereocenters. The van der Waals surface area contributed by atoms with Crippen LogP contribution in [0.3, 0.4) is 0 Å². The highest BCUT2D eigenvalue weighted by molar-refractivity contribution is 8.04. The highest BCUT2D eigenvalue weighted by Gasteiger charge is 2.20. The molecule has 0 unspecified atom stereocenters. The first-order valence-corrected chi connectivity index (χ1v) is 11.4. The first kappa shape index (κ1) is 21.5. The van der Waals surface area contributed by atoms with Gasteiger partial charge in [-0.05, 0) is 68.3 Å². The fraction of sp³-hybridized carbons (Fsp3) is 0.318. The molecule has 1 aromatic carbocycles. The van der Waals surface area contributed by atoms with E-state index in [-0.39, 0.29) is 4.91 Å². The molecule has 1 fully saturated rings. The molecule has 0 spiro atoms. The van der Waals surface area contributed by atoms with Crippen molar-refractivity contribution in [2.24, 2.45) is 0 Å². The second-order valence-electron chi connectivity index (χ2n) is 7.20. The van der Waals surface area contributed by atoms with Gasteiger partial charge in [-0.2, -0.15) is 0 Å². The molecule has 0 amide bonds. The Balaban J connectivity index is 1.58. The van der Waals surface area contributed by atoms with Crippen molar-refractivity contribution >= 4 is 41.3 Å². The Hall–Kier alpha value is -2.71. The van der Waals surface area contributed by atoms with Crippen LogP contribution in [0.2, 0.25) is 5.02 Å². The topological polar surface area (TPSA) is 84.4 Å². The lowest BCUT2D eigenvalue weighted by molar-refractivity contribution is -0.131. The molecule has 9 heteroatoms. The van der Waals surface area contributed by atoms with Gasteiger partial charge in [-0.15, -0.1) is 10.2 Å². The smallest absolute Gasteiger partial charge is 0.342 e. The summed E-state index contributed by atoms with van der Waals surface area (Å²) in [7, 11) is 0. The van der Waals surface area contributed by atoms with Gasteiger partial charge in [-0.1, -0.05) is 11.6 Å². The molecule has 162 valence electrons. The maximum atomic E-state index is 11.9. The van der Waals surface area contributed by atoms with Crippen LogP contribution in [-0.2, 0) is 11.3 Å². The fourth-order valence-corrected chi connectivity index (χ4v) is 4.52. The third kappa shape index (κ3) is 4.97. The SMILES string of the molecule is CCn1c(S/C(=C\c2ccc(N3CCCCC3)o2)C(=O)O)nnc1-c1ccc(Cl)cc1. The second-order valence-corrected chi connectivity index (χ2v) is 8.64. The first-order valence-electron chi connectivity index (χ1n) is 10.2. The average Bonchev–Trinajstić information content (AvgIpc) is 3.41. The van der Waals surface area contributed by atoms with E-state index in [2.05, 4.69) is 15.1 Å². The number of hydrogen-bond donors (Lipinski definition) is 1. The molecule has 3 heterocycles. The van der Waals surface area contributed by atoms with Crippen molar-refractivity contribution in [2.75, 3.05) is 18.0 Å². The Morgan fingerprint density at radius 3 is 2.58 bits per heavy atom. The van der Waals surface area contributed by atoms with Crippen LogP contribution >= 0.6 is 23.4 Å².